The molecule has 0 spiro atoms. The Morgan fingerprint density at radius 1 is 1.33 bits per heavy atom. The van der Waals surface area contributed by atoms with E-state index in [9.17, 15) is 0 Å². The Kier molecular flexibility index (Phi) is 4.09. The predicted octanol–water partition coefficient (Wildman–Crippen LogP) is 0.961. The van der Waals surface area contributed by atoms with Gasteiger partial charge in [-0.3, -0.25) is 4.68 Å². The van der Waals surface area contributed by atoms with Crippen molar-refractivity contribution in [2.24, 2.45) is 0 Å². The van der Waals surface area contributed by atoms with Crippen LogP contribution in [0, 0.1) is 6.92 Å². The lowest BCUT2D eigenvalue weighted by Gasteiger charge is -2.02. The number of nitrogens with zero attached hydrogens (tertiary/aromatic N) is 5. The first-order valence-corrected chi connectivity index (χ1v) is 6.34. The lowest BCUT2D eigenvalue weighted by molar-refractivity contribution is 0.566. The molecule has 2 rings (SSSR count). The quantitative estimate of drug-likeness (QED) is 0.827. The molecule has 0 aliphatic rings. The summed E-state index contributed by atoms with van der Waals surface area (Å²) in [5, 5.41) is 12.0. The zero-order valence-corrected chi connectivity index (χ0v) is 11.2. The Labute approximate surface area is 107 Å². The monoisotopic (exact) mass is 248 g/mol. The van der Waals surface area contributed by atoms with Gasteiger partial charge >= 0.3 is 0 Å². The SMILES string of the molecule is CCNCc1cn(Cc2ncnn2CC)nc1C. The van der Waals surface area contributed by atoms with E-state index in [4.69, 9.17) is 0 Å². The van der Waals surface area contributed by atoms with E-state index in [2.05, 4.69) is 40.5 Å². The molecule has 0 bridgehead atoms. The first-order valence-electron chi connectivity index (χ1n) is 6.34. The minimum atomic E-state index is 0.667. The third-order valence-corrected chi connectivity index (χ3v) is 2.91. The van der Waals surface area contributed by atoms with Crippen molar-refractivity contribution >= 4 is 0 Å². The Morgan fingerprint density at radius 2 is 2.17 bits per heavy atom. The molecule has 0 radical (unpaired) electrons. The van der Waals surface area contributed by atoms with Crippen LogP contribution < -0.4 is 5.32 Å². The summed E-state index contributed by atoms with van der Waals surface area (Å²) in [7, 11) is 0. The number of rotatable bonds is 6. The van der Waals surface area contributed by atoms with Gasteiger partial charge in [-0.05, 0) is 20.4 Å². The standard InChI is InChI=1S/C12H20N6/c1-4-13-6-11-7-17(16-10(11)3)8-12-14-9-15-18(12)5-2/h7,9,13H,4-6,8H2,1-3H3. The van der Waals surface area contributed by atoms with Crippen LogP contribution in [0.2, 0.25) is 0 Å². The molecular weight excluding hydrogens is 228 g/mol. The molecule has 0 aliphatic heterocycles. The van der Waals surface area contributed by atoms with Crippen LogP contribution in [0.4, 0.5) is 0 Å². The molecule has 0 saturated heterocycles. The third kappa shape index (κ3) is 2.76. The maximum Gasteiger partial charge on any atom is 0.148 e. The van der Waals surface area contributed by atoms with Crippen molar-refractivity contribution in [3.8, 4) is 0 Å². The molecule has 6 heteroatoms. The average molecular weight is 248 g/mol. The van der Waals surface area contributed by atoms with Gasteiger partial charge in [0, 0.05) is 24.8 Å². The number of nitrogens with one attached hydrogen (secondary N) is 1. The third-order valence-electron chi connectivity index (χ3n) is 2.91. The van der Waals surface area contributed by atoms with Crippen molar-refractivity contribution in [1.82, 2.24) is 29.9 Å². The van der Waals surface area contributed by atoms with Crippen molar-refractivity contribution in [2.75, 3.05) is 6.54 Å². The highest BCUT2D eigenvalue weighted by Gasteiger charge is 2.08. The smallest absolute Gasteiger partial charge is 0.148 e. The highest BCUT2D eigenvalue weighted by Crippen LogP contribution is 2.07. The number of hydrogen-bond donors (Lipinski definition) is 1. The summed E-state index contributed by atoms with van der Waals surface area (Å²) >= 11 is 0. The van der Waals surface area contributed by atoms with Crippen molar-refractivity contribution < 1.29 is 0 Å². The highest BCUT2D eigenvalue weighted by atomic mass is 15.4. The molecule has 0 aliphatic carbocycles. The van der Waals surface area contributed by atoms with Gasteiger partial charge in [0.05, 0.1) is 5.69 Å². The second kappa shape index (κ2) is 5.77. The largest absolute Gasteiger partial charge is 0.313 e. The van der Waals surface area contributed by atoms with Crippen molar-refractivity contribution in [2.45, 2.75) is 40.4 Å². The minimum absolute atomic E-state index is 0.667. The van der Waals surface area contributed by atoms with E-state index in [1.54, 1.807) is 6.33 Å². The van der Waals surface area contributed by atoms with E-state index < -0.39 is 0 Å². The maximum absolute atomic E-state index is 4.51. The van der Waals surface area contributed by atoms with E-state index in [1.807, 2.05) is 16.3 Å². The second-order valence-corrected chi connectivity index (χ2v) is 4.21. The zero-order chi connectivity index (χ0) is 13.0. The van der Waals surface area contributed by atoms with Crippen LogP contribution in [0.1, 0.15) is 30.9 Å². The normalized spacial score (nSPS) is 11.1. The molecular formula is C12H20N6. The Balaban J connectivity index is 2.10. The minimum Gasteiger partial charge on any atom is -0.313 e. The van der Waals surface area contributed by atoms with Crippen LogP contribution in [-0.4, -0.2) is 31.1 Å². The fourth-order valence-corrected chi connectivity index (χ4v) is 1.89. The first kappa shape index (κ1) is 12.8. The van der Waals surface area contributed by atoms with Gasteiger partial charge in [-0.25, -0.2) is 9.67 Å². The second-order valence-electron chi connectivity index (χ2n) is 4.21. The van der Waals surface area contributed by atoms with Gasteiger partial charge in [0.15, 0.2) is 0 Å². The van der Waals surface area contributed by atoms with Gasteiger partial charge in [-0.15, -0.1) is 0 Å². The molecule has 0 amide bonds. The van der Waals surface area contributed by atoms with Crippen LogP contribution >= 0.6 is 0 Å². The summed E-state index contributed by atoms with van der Waals surface area (Å²) in [6, 6.07) is 0. The van der Waals surface area contributed by atoms with Crippen molar-refractivity contribution in [1.29, 1.82) is 0 Å². The molecule has 1 N–H and O–H groups in total. The topological polar surface area (TPSA) is 60.6 Å². The van der Waals surface area contributed by atoms with E-state index in [0.717, 1.165) is 31.2 Å². The molecule has 0 unspecified atom stereocenters. The Morgan fingerprint density at radius 3 is 2.89 bits per heavy atom. The maximum atomic E-state index is 4.51. The van der Waals surface area contributed by atoms with E-state index in [1.165, 1.54) is 5.56 Å². The molecule has 0 fully saturated rings. The van der Waals surface area contributed by atoms with Crippen LogP contribution in [0.5, 0.6) is 0 Å². The lowest BCUT2D eigenvalue weighted by Crippen LogP contribution is -2.12. The summed E-state index contributed by atoms with van der Waals surface area (Å²) in [6.07, 6.45) is 3.67. The van der Waals surface area contributed by atoms with Crippen LogP contribution in [0.15, 0.2) is 12.5 Å². The number of hydrogen-bond acceptors (Lipinski definition) is 4. The summed E-state index contributed by atoms with van der Waals surface area (Å²) in [4.78, 5) is 4.26. The molecule has 2 aromatic rings. The number of aryl methyl sites for hydroxylation is 2. The highest BCUT2D eigenvalue weighted by molar-refractivity contribution is 5.15. The molecule has 0 atom stereocenters. The summed E-state index contributed by atoms with van der Waals surface area (Å²) in [6.45, 7) is 9.53. The van der Waals surface area contributed by atoms with E-state index >= 15 is 0 Å². The van der Waals surface area contributed by atoms with Gasteiger partial charge in [0.1, 0.15) is 18.7 Å². The Hall–Kier alpha value is -1.69. The Bertz CT molecular complexity index is 498. The van der Waals surface area contributed by atoms with Crippen molar-refractivity contribution in [3.63, 3.8) is 0 Å². The molecule has 0 saturated carbocycles. The van der Waals surface area contributed by atoms with Crippen LogP contribution in [0.3, 0.4) is 0 Å². The average Bonchev–Trinajstić information content (AvgIpc) is 2.94. The molecule has 18 heavy (non-hydrogen) atoms. The summed E-state index contributed by atoms with van der Waals surface area (Å²) < 4.78 is 3.82. The lowest BCUT2D eigenvalue weighted by atomic mass is 10.2. The fourth-order valence-electron chi connectivity index (χ4n) is 1.89. The van der Waals surface area contributed by atoms with Gasteiger partial charge in [0.25, 0.3) is 0 Å². The predicted molar refractivity (Wildman–Crippen MR) is 69.1 cm³/mol. The van der Waals surface area contributed by atoms with Gasteiger partial charge in [-0.1, -0.05) is 6.92 Å². The van der Waals surface area contributed by atoms with Crippen LogP contribution in [-0.2, 0) is 19.6 Å². The summed E-state index contributed by atoms with van der Waals surface area (Å²) in [5.74, 6) is 0.940. The van der Waals surface area contributed by atoms with Crippen LogP contribution in [0.25, 0.3) is 0 Å². The molecule has 98 valence electrons. The fraction of sp³-hybridized carbons (Fsp3) is 0.583. The number of aromatic nitrogens is 5. The van der Waals surface area contributed by atoms with Gasteiger partial charge in [0.2, 0.25) is 0 Å². The molecule has 2 heterocycles. The van der Waals surface area contributed by atoms with Crippen molar-refractivity contribution in [3.05, 3.63) is 29.6 Å². The first-order chi connectivity index (χ1) is 8.74. The molecule has 6 nitrogen and oxygen atoms in total. The zero-order valence-electron chi connectivity index (χ0n) is 11.2. The van der Waals surface area contributed by atoms with E-state index in [-0.39, 0.29) is 0 Å². The molecule has 0 aromatic carbocycles. The summed E-state index contributed by atoms with van der Waals surface area (Å²) in [5.41, 5.74) is 2.30. The van der Waals surface area contributed by atoms with Gasteiger partial charge in [-0.2, -0.15) is 10.2 Å². The molecule has 2 aromatic heterocycles. The van der Waals surface area contributed by atoms with Gasteiger partial charge < -0.3 is 5.32 Å². The van der Waals surface area contributed by atoms with E-state index in [0.29, 0.717) is 6.54 Å².